The molecule has 0 saturated carbocycles. The van der Waals surface area contributed by atoms with E-state index < -0.39 is 0 Å². The van der Waals surface area contributed by atoms with Crippen molar-refractivity contribution in [2.75, 3.05) is 12.4 Å². The van der Waals surface area contributed by atoms with Crippen molar-refractivity contribution in [3.8, 4) is 22.6 Å². The Morgan fingerprint density at radius 1 is 1.04 bits per heavy atom. The summed E-state index contributed by atoms with van der Waals surface area (Å²) in [7, 11) is 1.79. The van der Waals surface area contributed by atoms with E-state index in [0.717, 1.165) is 10.9 Å². The highest BCUT2D eigenvalue weighted by Gasteiger charge is 2.12. The van der Waals surface area contributed by atoms with Crippen molar-refractivity contribution >= 4 is 28.3 Å². The summed E-state index contributed by atoms with van der Waals surface area (Å²) in [4.78, 5) is 17.4. The average molecular weight is 366 g/mol. The van der Waals surface area contributed by atoms with Crippen molar-refractivity contribution in [3.05, 3.63) is 65.8 Å². The zero-order valence-corrected chi connectivity index (χ0v) is 14.5. The van der Waals surface area contributed by atoms with Gasteiger partial charge in [0.1, 0.15) is 17.3 Å². The normalized spacial score (nSPS) is 10.9. The number of anilines is 1. The summed E-state index contributed by atoms with van der Waals surface area (Å²) in [6, 6.07) is 9.90. The standard InChI is InChI=1S/C19H13ClFN5/c1-22-18-13-4-2-11(14-9-12(21)3-5-15(14)20)8-16(13)25-19(26-18)17-10-23-6-7-24-17/h2-10H,1H3,(H,22,25,26). The van der Waals surface area contributed by atoms with Gasteiger partial charge in [0.25, 0.3) is 0 Å². The predicted molar refractivity (Wildman–Crippen MR) is 101 cm³/mol. The summed E-state index contributed by atoms with van der Waals surface area (Å²) >= 11 is 6.24. The fraction of sp³-hybridized carbons (Fsp3) is 0.0526. The van der Waals surface area contributed by atoms with E-state index in [4.69, 9.17) is 11.6 Å². The minimum absolute atomic E-state index is 0.344. The highest BCUT2D eigenvalue weighted by Crippen LogP contribution is 2.32. The molecule has 0 bridgehead atoms. The van der Waals surface area contributed by atoms with Crippen LogP contribution in [0.25, 0.3) is 33.5 Å². The van der Waals surface area contributed by atoms with E-state index in [1.54, 1.807) is 31.7 Å². The molecule has 26 heavy (non-hydrogen) atoms. The van der Waals surface area contributed by atoms with Gasteiger partial charge in [-0.25, -0.2) is 19.3 Å². The summed E-state index contributed by atoms with van der Waals surface area (Å²) in [5.41, 5.74) is 2.65. The summed E-state index contributed by atoms with van der Waals surface area (Å²) in [5.74, 6) is 0.785. The van der Waals surface area contributed by atoms with Gasteiger partial charge in [-0.3, -0.25) is 4.98 Å². The molecule has 2 heterocycles. The molecule has 0 aliphatic heterocycles. The highest BCUT2D eigenvalue weighted by atomic mass is 35.5. The lowest BCUT2D eigenvalue weighted by molar-refractivity contribution is 0.628. The van der Waals surface area contributed by atoms with Crippen LogP contribution in [0.5, 0.6) is 0 Å². The van der Waals surface area contributed by atoms with Gasteiger partial charge >= 0.3 is 0 Å². The van der Waals surface area contributed by atoms with Gasteiger partial charge in [-0.1, -0.05) is 17.7 Å². The predicted octanol–water partition coefficient (Wildman–Crippen LogP) is 4.59. The highest BCUT2D eigenvalue weighted by molar-refractivity contribution is 6.33. The van der Waals surface area contributed by atoms with Crippen LogP contribution >= 0.6 is 11.6 Å². The molecule has 4 rings (SSSR count). The molecule has 0 saturated heterocycles. The lowest BCUT2D eigenvalue weighted by Crippen LogP contribution is -2.00. The largest absolute Gasteiger partial charge is 0.373 e. The number of rotatable bonds is 3. The Labute approximate surface area is 153 Å². The third-order valence-electron chi connectivity index (χ3n) is 3.97. The van der Waals surface area contributed by atoms with Gasteiger partial charge in [-0.15, -0.1) is 0 Å². The summed E-state index contributed by atoms with van der Waals surface area (Å²) in [5, 5.41) is 4.39. The zero-order chi connectivity index (χ0) is 18.1. The van der Waals surface area contributed by atoms with E-state index >= 15 is 0 Å². The topological polar surface area (TPSA) is 63.6 Å². The molecule has 0 aliphatic rings. The fourth-order valence-electron chi connectivity index (χ4n) is 2.74. The smallest absolute Gasteiger partial charge is 0.182 e. The van der Waals surface area contributed by atoms with Crippen molar-refractivity contribution in [1.82, 2.24) is 19.9 Å². The van der Waals surface area contributed by atoms with Crippen molar-refractivity contribution in [2.45, 2.75) is 0 Å². The first kappa shape index (κ1) is 16.4. The number of nitrogens with one attached hydrogen (secondary N) is 1. The van der Waals surface area contributed by atoms with Gasteiger partial charge in [0, 0.05) is 35.4 Å². The molecular weight excluding hydrogens is 353 g/mol. The van der Waals surface area contributed by atoms with E-state index in [0.29, 0.717) is 33.4 Å². The number of nitrogens with zero attached hydrogens (tertiary/aromatic N) is 4. The molecule has 7 heteroatoms. The van der Waals surface area contributed by atoms with E-state index in [9.17, 15) is 4.39 Å². The lowest BCUT2D eigenvalue weighted by Gasteiger charge is -2.10. The molecule has 2 aromatic carbocycles. The molecule has 0 atom stereocenters. The maximum atomic E-state index is 13.6. The zero-order valence-electron chi connectivity index (χ0n) is 13.7. The Kier molecular flexibility index (Phi) is 4.18. The lowest BCUT2D eigenvalue weighted by atomic mass is 10.0. The third-order valence-corrected chi connectivity index (χ3v) is 4.29. The molecule has 5 nitrogen and oxygen atoms in total. The number of fused-ring (bicyclic) bond motifs is 1. The molecule has 0 fully saturated rings. The monoisotopic (exact) mass is 365 g/mol. The quantitative estimate of drug-likeness (QED) is 0.575. The minimum atomic E-state index is -0.344. The van der Waals surface area contributed by atoms with Gasteiger partial charge in [-0.2, -0.15) is 0 Å². The van der Waals surface area contributed by atoms with Crippen LogP contribution in [0.1, 0.15) is 0 Å². The number of hydrogen-bond donors (Lipinski definition) is 1. The Morgan fingerprint density at radius 2 is 1.92 bits per heavy atom. The molecule has 2 aromatic heterocycles. The van der Waals surface area contributed by atoms with Crippen LogP contribution in [0.4, 0.5) is 10.2 Å². The Hall–Kier alpha value is -3.12. The van der Waals surface area contributed by atoms with Crippen LogP contribution in [0.15, 0.2) is 55.0 Å². The van der Waals surface area contributed by atoms with Gasteiger partial charge in [0.05, 0.1) is 11.7 Å². The van der Waals surface area contributed by atoms with Crippen LogP contribution in [0.3, 0.4) is 0 Å². The first-order chi connectivity index (χ1) is 12.7. The van der Waals surface area contributed by atoms with Crippen LogP contribution in [-0.4, -0.2) is 27.0 Å². The van der Waals surface area contributed by atoms with E-state index in [1.807, 2.05) is 18.2 Å². The van der Waals surface area contributed by atoms with Gasteiger partial charge in [0.15, 0.2) is 5.82 Å². The van der Waals surface area contributed by atoms with Crippen molar-refractivity contribution in [2.24, 2.45) is 0 Å². The molecule has 0 radical (unpaired) electrons. The Balaban J connectivity index is 1.93. The first-order valence-corrected chi connectivity index (χ1v) is 8.25. The molecule has 1 N–H and O–H groups in total. The molecule has 0 aliphatic carbocycles. The number of aromatic nitrogens is 4. The van der Waals surface area contributed by atoms with Crippen LogP contribution in [0.2, 0.25) is 5.02 Å². The second-order valence-corrected chi connectivity index (χ2v) is 6.00. The van der Waals surface area contributed by atoms with Crippen molar-refractivity contribution in [3.63, 3.8) is 0 Å². The summed E-state index contributed by atoms with van der Waals surface area (Å²) in [6.45, 7) is 0. The van der Waals surface area contributed by atoms with Crippen LogP contribution in [0, 0.1) is 5.82 Å². The third kappa shape index (κ3) is 2.95. The number of halogens is 2. The molecule has 128 valence electrons. The number of benzene rings is 2. The molecular formula is C19H13ClFN5. The Morgan fingerprint density at radius 3 is 2.69 bits per heavy atom. The van der Waals surface area contributed by atoms with Crippen LogP contribution in [-0.2, 0) is 0 Å². The molecule has 0 unspecified atom stereocenters. The van der Waals surface area contributed by atoms with E-state index in [1.165, 1.54) is 12.1 Å². The van der Waals surface area contributed by atoms with Crippen LogP contribution < -0.4 is 5.32 Å². The first-order valence-electron chi connectivity index (χ1n) is 7.87. The van der Waals surface area contributed by atoms with Gasteiger partial charge < -0.3 is 5.32 Å². The van der Waals surface area contributed by atoms with Crippen molar-refractivity contribution in [1.29, 1.82) is 0 Å². The maximum absolute atomic E-state index is 13.6. The molecule has 4 aromatic rings. The average Bonchev–Trinajstić information content (AvgIpc) is 2.69. The van der Waals surface area contributed by atoms with Crippen molar-refractivity contribution < 1.29 is 4.39 Å². The fourth-order valence-corrected chi connectivity index (χ4v) is 2.96. The second kappa shape index (κ2) is 6.65. The molecule has 0 spiro atoms. The van der Waals surface area contributed by atoms with Gasteiger partial charge in [-0.05, 0) is 35.9 Å². The Bertz CT molecular complexity index is 1100. The van der Waals surface area contributed by atoms with E-state index in [-0.39, 0.29) is 5.82 Å². The van der Waals surface area contributed by atoms with Gasteiger partial charge in [0.2, 0.25) is 0 Å². The second-order valence-electron chi connectivity index (χ2n) is 5.59. The minimum Gasteiger partial charge on any atom is -0.373 e. The van der Waals surface area contributed by atoms with E-state index in [2.05, 4.69) is 25.3 Å². The maximum Gasteiger partial charge on any atom is 0.182 e. The summed E-state index contributed by atoms with van der Waals surface area (Å²) < 4.78 is 13.6. The number of hydrogen-bond acceptors (Lipinski definition) is 5. The SMILES string of the molecule is CNc1nc(-c2cnccn2)nc2cc(-c3cc(F)ccc3Cl)ccc12. The summed E-state index contributed by atoms with van der Waals surface area (Å²) in [6.07, 6.45) is 4.78. The molecule has 0 amide bonds.